The number of hydrogen-bond acceptors (Lipinski definition) is 1. The molecule has 0 bridgehead atoms. The Morgan fingerprint density at radius 3 is 1.31 bits per heavy atom. The van der Waals surface area contributed by atoms with E-state index in [1.165, 1.54) is 10.8 Å². The molecule has 2 heteroatoms. The summed E-state index contributed by atoms with van der Waals surface area (Å²) in [4.78, 5) is 13.9. The van der Waals surface area contributed by atoms with Crippen LogP contribution in [-0.2, 0) is 0 Å². The standard InChI is InChI=1S/C57H39NO/c1-3-47-48(4-2)56(39-20-10-6-11-21-39)53-37-44(30-32-50(53)55(47)38-18-8-5-9-19-38)42-24-16-22-40(34-42)41-23-17-25-43(35-41)45-31-33-54-52(36-45)49-28-14-15-29-51(49)57(59)58(54)46-26-12-7-13-27-46/h3-37H,1-2H2. The van der Waals surface area contributed by atoms with Crippen molar-refractivity contribution in [3.8, 4) is 61.3 Å². The van der Waals surface area contributed by atoms with Crippen LogP contribution in [0.3, 0.4) is 0 Å². The molecule has 0 N–H and O–H groups in total. The average molecular weight is 754 g/mol. The molecule has 0 aliphatic heterocycles. The maximum Gasteiger partial charge on any atom is 0.263 e. The highest BCUT2D eigenvalue weighted by Gasteiger charge is 2.20. The van der Waals surface area contributed by atoms with E-state index >= 15 is 0 Å². The fraction of sp³-hybridized carbons (Fsp3) is 0. The SMILES string of the molecule is C=Cc1c(C=C)c(-c2ccccc2)c2cc(-c3cccc(-c4cccc(-c5ccc6c(c5)c5ccccc5c(=O)n6-c5ccccc5)c4)c3)ccc2c1-c1ccccc1. The molecule has 278 valence electrons. The van der Waals surface area contributed by atoms with Gasteiger partial charge < -0.3 is 0 Å². The molecule has 0 amide bonds. The van der Waals surface area contributed by atoms with Gasteiger partial charge in [0.15, 0.2) is 0 Å². The summed E-state index contributed by atoms with van der Waals surface area (Å²) in [5.74, 6) is 0. The number of pyridine rings is 1. The van der Waals surface area contributed by atoms with Crippen molar-refractivity contribution in [3.05, 3.63) is 235 Å². The Bertz CT molecular complexity index is 3300. The van der Waals surface area contributed by atoms with E-state index in [-0.39, 0.29) is 5.56 Å². The van der Waals surface area contributed by atoms with Crippen LogP contribution >= 0.6 is 0 Å². The first-order valence-electron chi connectivity index (χ1n) is 19.9. The highest BCUT2D eigenvalue weighted by molar-refractivity contribution is 6.13. The molecule has 10 aromatic rings. The zero-order chi connectivity index (χ0) is 39.9. The van der Waals surface area contributed by atoms with Crippen LogP contribution in [0.4, 0.5) is 0 Å². The lowest BCUT2D eigenvalue weighted by Gasteiger charge is -2.21. The molecule has 1 heterocycles. The summed E-state index contributed by atoms with van der Waals surface area (Å²) < 4.78 is 1.83. The topological polar surface area (TPSA) is 22.0 Å². The quantitative estimate of drug-likeness (QED) is 0.142. The van der Waals surface area contributed by atoms with Crippen molar-refractivity contribution >= 4 is 44.6 Å². The molecule has 0 atom stereocenters. The van der Waals surface area contributed by atoms with Gasteiger partial charge in [0, 0.05) is 16.5 Å². The number of nitrogens with zero attached hydrogens (tertiary/aromatic N) is 1. The summed E-state index contributed by atoms with van der Waals surface area (Å²) in [5, 5.41) is 5.03. The van der Waals surface area contributed by atoms with Gasteiger partial charge in [-0.3, -0.25) is 9.36 Å². The highest BCUT2D eigenvalue weighted by atomic mass is 16.1. The summed E-state index contributed by atoms with van der Waals surface area (Å²) in [6.07, 6.45) is 3.95. The minimum absolute atomic E-state index is 0.0177. The molecule has 1 aromatic heterocycles. The molecule has 10 rings (SSSR count). The first-order chi connectivity index (χ1) is 29.1. The molecule has 0 saturated heterocycles. The van der Waals surface area contributed by atoms with Crippen molar-refractivity contribution in [2.24, 2.45) is 0 Å². The van der Waals surface area contributed by atoms with Gasteiger partial charge in [-0.05, 0) is 131 Å². The van der Waals surface area contributed by atoms with Crippen LogP contribution in [0.15, 0.2) is 218 Å². The van der Waals surface area contributed by atoms with Gasteiger partial charge in [0.25, 0.3) is 5.56 Å². The molecular weight excluding hydrogens is 715 g/mol. The van der Waals surface area contributed by atoms with Crippen LogP contribution in [0.1, 0.15) is 11.1 Å². The van der Waals surface area contributed by atoms with Crippen molar-refractivity contribution in [1.82, 2.24) is 4.57 Å². The summed E-state index contributed by atoms with van der Waals surface area (Å²) in [5.41, 5.74) is 15.2. The van der Waals surface area contributed by atoms with Crippen LogP contribution in [0, 0.1) is 0 Å². The molecule has 0 radical (unpaired) electrons. The van der Waals surface area contributed by atoms with Crippen LogP contribution in [0.25, 0.3) is 106 Å². The normalized spacial score (nSPS) is 11.3. The Morgan fingerprint density at radius 1 is 0.339 bits per heavy atom. The lowest BCUT2D eigenvalue weighted by molar-refractivity contribution is 1.06. The number of aromatic nitrogens is 1. The van der Waals surface area contributed by atoms with Crippen LogP contribution < -0.4 is 5.56 Å². The molecule has 0 unspecified atom stereocenters. The molecular formula is C57H39NO. The van der Waals surface area contributed by atoms with E-state index in [1.54, 1.807) is 0 Å². The first kappa shape index (κ1) is 35.6. The van der Waals surface area contributed by atoms with Crippen molar-refractivity contribution in [2.75, 3.05) is 0 Å². The van der Waals surface area contributed by atoms with E-state index in [0.29, 0.717) is 5.39 Å². The molecule has 0 aliphatic rings. The molecule has 2 nitrogen and oxygen atoms in total. The first-order valence-corrected chi connectivity index (χ1v) is 19.9. The third-order valence-electron chi connectivity index (χ3n) is 11.5. The Balaban J connectivity index is 1.10. The number of para-hydroxylation sites is 1. The van der Waals surface area contributed by atoms with Crippen molar-refractivity contribution in [1.29, 1.82) is 0 Å². The second kappa shape index (κ2) is 14.9. The summed E-state index contributed by atoms with van der Waals surface area (Å²) in [6.45, 7) is 8.59. The molecule has 0 fully saturated rings. The Morgan fingerprint density at radius 2 is 0.763 bits per heavy atom. The second-order valence-corrected chi connectivity index (χ2v) is 14.9. The van der Waals surface area contributed by atoms with E-state index in [4.69, 9.17) is 0 Å². The third kappa shape index (κ3) is 6.19. The van der Waals surface area contributed by atoms with Gasteiger partial charge in [0.1, 0.15) is 0 Å². The zero-order valence-electron chi connectivity index (χ0n) is 32.5. The van der Waals surface area contributed by atoms with Gasteiger partial charge in [-0.15, -0.1) is 0 Å². The maximum absolute atomic E-state index is 13.9. The van der Waals surface area contributed by atoms with Crippen molar-refractivity contribution in [2.45, 2.75) is 0 Å². The monoisotopic (exact) mass is 753 g/mol. The Labute approximate surface area is 343 Å². The summed E-state index contributed by atoms with van der Waals surface area (Å²) in [7, 11) is 0. The van der Waals surface area contributed by atoms with Gasteiger partial charge in [-0.25, -0.2) is 0 Å². The number of benzene rings is 9. The molecule has 59 heavy (non-hydrogen) atoms. The Hall–Kier alpha value is -7.81. The van der Waals surface area contributed by atoms with Gasteiger partial charge in [0.05, 0.1) is 5.52 Å². The number of fused-ring (bicyclic) bond motifs is 4. The molecule has 0 aliphatic carbocycles. The van der Waals surface area contributed by atoms with E-state index in [0.717, 1.165) is 88.7 Å². The van der Waals surface area contributed by atoms with Crippen LogP contribution in [0.2, 0.25) is 0 Å². The van der Waals surface area contributed by atoms with Gasteiger partial charge in [-0.2, -0.15) is 0 Å². The minimum Gasteiger partial charge on any atom is -0.276 e. The maximum atomic E-state index is 13.9. The Kier molecular flexibility index (Phi) is 9.01. The number of hydrogen-bond donors (Lipinski definition) is 0. The third-order valence-corrected chi connectivity index (χ3v) is 11.5. The fourth-order valence-corrected chi connectivity index (χ4v) is 8.81. The fourth-order valence-electron chi connectivity index (χ4n) is 8.81. The summed E-state index contributed by atoms with van der Waals surface area (Å²) >= 11 is 0. The predicted octanol–water partition coefficient (Wildman–Crippen LogP) is 14.9. The van der Waals surface area contributed by atoms with Crippen LogP contribution in [-0.4, -0.2) is 4.57 Å². The van der Waals surface area contributed by atoms with E-state index in [9.17, 15) is 4.79 Å². The lowest BCUT2D eigenvalue weighted by atomic mass is 9.82. The molecule has 0 spiro atoms. The minimum atomic E-state index is -0.0177. The molecule has 0 saturated carbocycles. The van der Waals surface area contributed by atoms with E-state index < -0.39 is 0 Å². The largest absolute Gasteiger partial charge is 0.276 e. The predicted molar refractivity (Wildman–Crippen MR) is 252 cm³/mol. The van der Waals surface area contributed by atoms with Gasteiger partial charge in [0.2, 0.25) is 0 Å². The molecule has 9 aromatic carbocycles. The second-order valence-electron chi connectivity index (χ2n) is 14.9. The van der Waals surface area contributed by atoms with Gasteiger partial charge in [-0.1, -0.05) is 177 Å². The summed E-state index contributed by atoms with van der Waals surface area (Å²) in [6, 6.07) is 69.9. The van der Waals surface area contributed by atoms with Crippen LogP contribution in [0.5, 0.6) is 0 Å². The zero-order valence-corrected chi connectivity index (χ0v) is 32.5. The van der Waals surface area contributed by atoms with E-state index in [2.05, 4.69) is 165 Å². The van der Waals surface area contributed by atoms with E-state index in [1.807, 2.05) is 65.3 Å². The highest BCUT2D eigenvalue weighted by Crippen LogP contribution is 2.45. The number of rotatable bonds is 8. The van der Waals surface area contributed by atoms with Gasteiger partial charge >= 0.3 is 0 Å². The average Bonchev–Trinajstić information content (AvgIpc) is 3.31. The van der Waals surface area contributed by atoms with Crippen molar-refractivity contribution in [3.63, 3.8) is 0 Å². The van der Waals surface area contributed by atoms with Crippen molar-refractivity contribution < 1.29 is 0 Å². The lowest BCUT2D eigenvalue weighted by Crippen LogP contribution is -2.19. The smallest absolute Gasteiger partial charge is 0.263 e.